The molecule has 1 fully saturated rings. The maximum Gasteiger partial charge on any atom is 0.119 e. The van der Waals surface area contributed by atoms with Crippen LogP contribution in [-0.4, -0.2) is 41.9 Å². The molecule has 0 spiro atoms. The zero-order chi connectivity index (χ0) is 12.8. The maximum absolute atomic E-state index is 9.83. The number of aryl methyl sites for hydroxylation is 1. The van der Waals surface area contributed by atoms with E-state index in [1.165, 1.54) is 17.7 Å². The van der Waals surface area contributed by atoms with Gasteiger partial charge in [-0.1, -0.05) is 17.7 Å². The van der Waals surface area contributed by atoms with E-state index in [4.69, 9.17) is 4.74 Å². The quantitative estimate of drug-likeness (QED) is 0.825. The molecule has 1 aromatic rings. The molecule has 2 N–H and O–H groups in total. The van der Waals surface area contributed by atoms with E-state index in [1.54, 1.807) is 0 Å². The standard InChI is InChI=1S/C14H21NO2S/c1-11-2-4-14(5-3-11)17-9-13(16)8-15-12-6-7-18-10-12/h2-5,12-13,15-16H,6-10H2,1H3. The molecule has 2 rings (SSSR count). The van der Waals surface area contributed by atoms with Crippen molar-refractivity contribution in [1.82, 2.24) is 5.32 Å². The molecule has 1 aliphatic heterocycles. The van der Waals surface area contributed by atoms with Crippen LogP contribution in [0.2, 0.25) is 0 Å². The Morgan fingerprint density at radius 2 is 2.22 bits per heavy atom. The molecule has 0 bridgehead atoms. The zero-order valence-electron chi connectivity index (χ0n) is 10.8. The molecule has 3 nitrogen and oxygen atoms in total. The van der Waals surface area contributed by atoms with E-state index in [2.05, 4.69) is 5.32 Å². The first-order chi connectivity index (χ1) is 8.74. The lowest BCUT2D eigenvalue weighted by molar-refractivity contribution is 0.104. The normalized spacial score (nSPS) is 20.9. The van der Waals surface area contributed by atoms with E-state index >= 15 is 0 Å². The highest BCUT2D eigenvalue weighted by atomic mass is 32.2. The van der Waals surface area contributed by atoms with Gasteiger partial charge in [-0.2, -0.15) is 11.8 Å². The largest absolute Gasteiger partial charge is 0.491 e. The molecule has 2 unspecified atom stereocenters. The Hall–Kier alpha value is -0.710. The summed E-state index contributed by atoms with van der Waals surface area (Å²) in [5.74, 6) is 3.20. The Labute approximate surface area is 113 Å². The molecular formula is C14H21NO2S. The first-order valence-corrected chi connectivity index (χ1v) is 7.58. The van der Waals surface area contributed by atoms with Crippen LogP contribution < -0.4 is 10.1 Å². The third kappa shape index (κ3) is 4.52. The van der Waals surface area contributed by atoms with Crippen molar-refractivity contribution in [2.75, 3.05) is 24.7 Å². The molecule has 0 amide bonds. The van der Waals surface area contributed by atoms with E-state index in [1.807, 2.05) is 43.0 Å². The van der Waals surface area contributed by atoms with Gasteiger partial charge in [-0.05, 0) is 31.2 Å². The zero-order valence-corrected chi connectivity index (χ0v) is 11.6. The van der Waals surface area contributed by atoms with Gasteiger partial charge in [-0.25, -0.2) is 0 Å². The van der Waals surface area contributed by atoms with Crippen molar-refractivity contribution in [3.63, 3.8) is 0 Å². The molecule has 0 aromatic heterocycles. The van der Waals surface area contributed by atoms with Crippen molar-refractivity contribution < 1.29 is 9.84 Å². The van der Waals surface area contributed by atoms with Gasteiger partial charge >= 0.3 is 0 Å². The van der Waals surface area contributed by atoms with E-state index in [9.17, 15) is 5.11 Å². The summed E-state index contributed by atoms with van der Waals surface area (Å²) in [6.07, 6.45) is 0.757. The lowest BCUT2D eigenvalue weighted by atomic mass is 10.2. The second-order valence-electron chi connectivity index (χ2n) is 4.75. The van der Waals surface area contributed by atoms with Gasteiger partial charge < -0.3 is 15.2 Å². The average Bonchev–Trinajstić information content (AvgIpc) is 2.89. The first-order valence-electron chi connectivity index (χ1n) is 6.42. The molecular weight excluding hydrogens is 246 g/mol. The molecule has 1 aromatic carbocycles. The molecule has 1 aliphatic rings. The van der Waals surface area contributed by atoms with Gasteiger partial charge in [-0.15, -0.1) is 0 Å². The fraction of sp³-hybridized carbons (Fsp3) is 0.571. The van der Waals surface area contributed by atoms with Crippen LogP contribution in [0.3, 0.4) is 0 Å². The molecule has 0 saturated carbocycles. The third-order valence-corrected chi connectivity index (χ3v) is 4.20. The summed E-state index contributed by atoms with van der Waals surface area (Å²) in [6, 6.07) is 8.45. The Kier molecular flexibility index (Phi) is 5.35. The van der Waals surface area contributed by atoms with Gasteiger partial charge in [0.05, 0.1) is 0 Å². The van der Waals surface area contributed by atoms with Crippen LogP contribution in [0.4, 0.5) is 0 Å². The van der Waals surface area contributed by atoms with E-state index < -0.39 is 6.10 Å². The monoisotopic (exact) mass is 267 g/mol. The molecule has 2 atom stereocenters. The number of benzene rings is 1. The second-order valence-corrected chi connectivity index (χ2v) is 5.90. The molecule has 1 saturated heterocycles. The fourth-order valence-electron chi connectivity index (χ4n) is 1.88. The highest BCUT2D eigenvalue weighted by Crippen LogP contribution is 2.17. The second kappa shape index (κ2) is 7.02. The van der Waals surface area contributed by atoms with Crippen molar-refractivity contribution in [3.05, 3.63) is 29.8 Å². The van der Waals surface area contributed by atoms with Crippen LogP contribution in [-0.2, 0) is 0 Å². The Morgan fingerprint density at radius 1 is 1.44 bits per heavy atom. The number of aliphatic hydroxyl groups excluding tert-OH is 1. The maximum atomic E-state index is 9.83. The highest BCUT2D eigenvalue weighted by molar-refractivity contribution is 7.99. The molecule has 100 valence electrons. The van der Waals surface area contributed by atoms with Crippen molar-refractivity contribution in [2.24, 2.45) is 0 Å². The predicted molar refractivity (Wildman–Crippen MR) is 76.4 cm³/mol. The van der Waals surface area contributed by atoms with Crippen LogP contribution in [0, 0.1) is 6.92 Å². The van der Waals surface area contributed by atoms with E-state index in [0.717, 1.165) is 11.5 Å². The summed E-state index contributed by atoms with van der Waals surface area (Å²) in [6.45, 7) is 3.00. The average molecular weight is 267 g/mol. The summed E-state index contributed by atoms with van der Waals surface area (Å²) in [4.78, 5) is 0. The fourth-order valence-corrected chi connectivity index (χ4v) is 3.07. The highest BCUT2D eigenvalue weighted by Gasteiger charge is 2.16. The molecule has 0 radical (unpaired) electrons. The Morgan fingerprint density at radius 3 is 2.89 bits per heavy atom. The van der Waals surface area contributed by atoms with Crippen LogP contribution in [0.5, 0.6) is 5.75 Å². The molecule has 4 heteroatoms. The lowest BCUT2D eigenvalue weighted by Crippen LogP contribution is -2.37. The molecule has 18 heavy (non-hydrogen) atoms. The summed E-state index contributed by atoms with van der Waals surface area (Å²) in [7, 11) is 0. The minimum Gasteiger partial charge on any atom is -0.491 e. The molecule has 0 aliphatic carbocycles. The van der Waals surface area contributed by atoms with Crippen LogP contribution in [0.1, 0.15) is 12.0 Å². The predicted octanol–water partition coefficient (Wildman–Crippen LogP) is 1.83. The van der Waals surface area contributed by atoms with Crippen molar-refractivity contribution >= 4 is 11.8 Å². The summed E-state index contributed by atoms with van der Waals surface area (Å²) in [5, 5.41) is 13.2. The van der Waals surface area contributed by atoms with Gasteiger partial charge in [0.1, 0.15) is 18.5 Å². The Bertz CT molecular complexity index is 349. The SMILES string of the molecule is Cc1ccc(OCC(O)CNC2CCSC2)cc1. The summed E-state index contributed by atoms with van der Waals surface area (Å²) in [5.41, 5.74) is 1.21. The topological polar surface area (TPSA) is 41.5 Å². The summed E-state index contributed by atoms with van der Waals surface area (Å²) >= 11 is 1.97. The lowest BCUT2D eigenvalue weighted by Gasteiger charge is -2.16. The van der Waals surface area contributed by atoms with Crippen LogP contribution in [0.15, 0.2) is 24.3 Å². The number of hydrogen-bond acceptors (Lipinski definition) is 4. The number of ether oxygens (including phenoxy) is 1. The van der Waals surface area contributed by atoms with Crippen LogP contribution >= 0.6 is 11.8 Å². The van der Waals surface area contributed by atoms with Crippen molar-refractivity contribution in [2.45, 2.75) is 25.5 Å². The van der Waals surface area contributed by atoms with Crippen molar-refractivity contribution in [1.29, 1.82) is 0 Å². The smallest absolute Gasteiger partial charge is 0.119 e. The minimum atomic E-state index is -0.447. The third-order valence-electron chi connectivity index (χ3n) is 3.04. The van der Waals surface area contributed by atoms with Gasteiger partial charge in [0.15, 0.2) is 0 Å². The number of nitrogens with one attached hydrogen (secondary N) is 1. The summed E-state index contributed by atoms with van der Waals surface area (Å²) < 4.78 is 5.54. The number of thioether (sulfide) groups is 1. The first kappa shape index (κ1) is 13.7. The molecule has 1 heterocycles. The van der Waals surface area contributed by atoms with Gasteiger partial charge in [0.2, 0.25) is 0 Å². The van der Waals surface area contributed by atoms with E-state index in [0.29, 0.717) is 19.2 Å². The van der Waals surface area contributed by atoms with Crippen molar-refractivity contribution in [3.8, 4) is 5.75 Å². The minimum absolute atomic E-state index is 0.343. The van der Waals surface area contributed by atoms with Gasteiger partial charge in [0, 0.05) is 18.3 Å². The number of hydrogen-bond donors (Lipinski definition) is 2. The number of aliphatic hydroxyl groups is 1. The van der Waals surface area contributed by atoms with Crippen LogP contribution in [0.25, 0.3) is 0 Å². The van der Waals surface area contributed by atoms with E-state index in [-0.39, 0.29) is 0 Å². The van der Waals surface area contributed by atoms with Gasteiger partial charge in [0.25, 0.3) is 0 Å². The Balaban J connectivity index is 1.64. The van der Waals surface area contributed by atoms with Gasteiger partial charge in [-0.3, -0.25) is 0 Å². The number of rotatable bonds is 6.